The van der Waals surface area contributed by atoms with Crippen LogP contribution in [0.5, 0.6) is 0 Å². The number of nitrogens with one attached hydrogen (secondary N) is 1. The molecule has 1 fully saturated rings. The number of hydrogen-bond donors (Lipinski definition) is 2. The SMILES string of the molecule is Cc1cccc(C(C)(CO)N2CCNCC2)c1. The standard InChI is InChI=1S/C14H22N2O/c1-12-4-3-5-13(10-12)14(2,11-17)16-8-6-15-7-9-16/h3-5,10,15,17H,6-9,11H2,1-2H3. The van der Waals surface area contributed by atoms with E-state index in [-0.39, 0.29) is 12.1 Å². The van der Waals surface area contributed by atoms with Crippen LogP contribution < -0.4 is 5.32 Å². The van der Waals surface area contributed by atoms with Crippen LogP contribution in [0.4, 0.5) is 0 Å². The van der Waals surface area contributed by atoms with Gasteiger partial charge in [0, 0.05) is 26.2 Å². The van der Waals surface area contributed by atoms with Gasteiger partial charge in [0.15, 0.2) is 0 Å². The second kappa shape index (κ2) is 5.17. The molecule has 1 aromatic rings. The molecule has 0 spiro atoms. The minimum atomic E-state index is -0.256. The van der Waals surface area contributed by atoms with Gasteiger partial charge < -0.3 is 10.4 Å². The summed E-state index contributed by atoms with van der Waals surface area (Å²) in [6.45, 7) is 8.38. The number of aliphatic hydroxyl groups is 1. The fourth-order valence-corrected chi connectivity index (χ4v) is 2.51. The van der Waals surface area contributed by atoms with Crippen molar-refractivity contribution in [3.8, 4) is 0 Å². The van der Waals surface area contributed by atoms with Crippen molar-refractivity contribution in [3.63, 3.8) is 0 Å². The number of aryl methyl sites for hydroxylation is 1. The Kier molecular flexibility index (Phi) is 3.82. The van der Waals surface area contributed by atoms with Gasteiger partial charge in [0.1, 0.15) is 0 Å². The number of nitrogens with zero attached hydrogens (tertiary/aromatic N) is 1. The normalized spacial score (nSPS) is 21.1. The number of benzene rings is 1. The lowest BCUT2D eigenvalue weighted by Crippen LogP contribution is -2.54. The molecule has 0 aromatic heterocycles. The van der Waals surface area contributed by atoms with Crippen LogP contribution in [-0.2, 0) is 5.54 Å². The van der Waals surface area contributed by atoms with Crippen molar-refractivity contribution in [2.24, 2.45) is 0 Å². The number of hydrogen-bond acceptors (Lipinski definition) is 3. The molecule has 3 heteroatoms. The van der Waals surface area contributed by atoms with E-state index in [1.807, 2.05) is 0 Å². The van der Waals surface area contributed by atoms with Crippen LogP contribution in [0.3, 0.4) is 0 Å². The first-order chi connectivity index (χ1) is 8.16. The van der Waals surface area contributed by atoms with Crippen molar-refractivity contribution >= 4 is 0 Å². The third-order valence-electron chi connectivity index (χ3n) is 3.76. The predicted molar refractivity (Wildman–Crippen MR) is 70.1 cm³/mol. The van der Waals surface area contributed by atoms with Gasteiger partial charge in [-0.15, -0.1) is 0 Å². The zero-order valence-corrected chi connectivity index (χ0v) is 10.7. The first-order valence-electron chi connectivity index (χ1n) is 6.30. The van der Waals surface area contributed by atoms with Gasteiger partial charge in [-0.05, 0) is 19.4 Å². The molecule has 94 valence electrons. The molecule has 0 radical (unpaired) electrons. The van der Waals surface area contributed by atoms with Gasteiger partial charge in [0.2, 0.25) is 0 Å². The van der Waals surface area contributed by atoms with Gasteiger partial charge in [-0.3, -0.25) is 4.90 Å². The van der Waals surface area contributed by atoms with Gasteiger partial charge in [-0.2, -0.15) is 0 Å². The molecule has 0 bridgehead atoms. The van der Waals surface area contributed by atoms with E-state index in [9.17, 15) is 5.11 Å². The summed E-state index contributed by atoms with van der Waals surface area (Å²) in [4.78, 5) is 2.37. The van der Waals surface area contributed by atoms with Crippen LogP contribution in [0.2, 0.25) is 0 Å². The molecule has 1 saturated heterocycles. The van der Waals surface area contributed by atoms with E-state index in [4.69, 9.17) is 0 Å². The maximum Gasteiger partial charge on any atom is 0.0666 e. The summed E-state index contributed by atoms with van der Waals surface area (Å²) in [5.41, 5.74) is 2.20. The average molecular weight is 234 g/mol. The van der Waals surface area contributed by atoms with E-state index in [1.54, 1.807) is 0 Å². The summed E-state index contributed by atoms with van der Waals surface area (Å²) in [5, 5.41) is 13.2. The molecule has 1 aromatic carbocycles. The van der Waals surface area contributed by atoms with Crippen LogP contribution in [0.25, 0.3) is 0 Å². The molecule has 2 rings (SSSR count). The lowest BCUT2D eigenvalue weighted by molar-refractivity contribution is 0.0311. The average Bonchev–Trinajstić information content (AvgIpc) is 2.39. The Balaban J connectivity index is 2.29. The van der Waals surface area contributed by atoms with Crippen molar-refractivity contribution in [1.82, 2.24) is 10.2 Å². The summed E-state index contributed by atoms with van der Waals surface area (Å²) in [7, 11) is 0. The molecular formula is C14H22N2O. The molecule has 0 amide bonds. The lowest BCUT2D eigenvalue weighted by Gasteiger charge is -2.43. The molecular weight excluding hydrogens is 212 g/mol. The molecule has 17 heavy (non-hydrogen) atoms. The minimum Gasteiger partial charge on any atom is -0.394 e. The minimum absolute atomic E-state index is 0.163. The number of rotatable bonds is 3. The van der Waals surface area contributed by atoms with E-state index in [1.165, 1.54) is 11.1 Å². The molecule has 2 N–H and O–H groups in total. The van der Waals surface area contributed by atoms with Crippen molar-refractivity contribution < 1.29 is 5.11 Å². The summed E-state index contributed by atoms with van der Waals surface area (Å²) >= 11 is 0. The Morgan fingerprint density at radius 1 is 1.35 bits per heavy atom. The predicted octanol–water partition coefficient (Wildman–Crippen LogP) is 1.11. The maximum absolute atomic E-state index is 9.82. The molecule has 1 aliphatic heterocycles. The highest BCUT2D eigenvalue weighted by molar-refractivity contribution is 5.29. The maximum atomic E-state index is 9.82. The molecule has 1 atom stereocenters. The van der Waals surface area contributed by atoms with Crippen molar-refractivity contribution in [2.75, 3.05) is 32.8 Å². The van der Waals surface area contributed by atoms with E-state index in [0.29, 0.717) is 0 Å². The van der Waals surface area contributed by atoms with Crippen LogP contribution in [0, 0.1) is 6.92 Å². The van der Waals surface area contributed by atoms with E-state index < -0.39 is 0 Å². The Morgan fingerprint density at radius 2 is 2.06 bits per heavy atom. The fraction of sp³-hybridized carbons (Fsp3) is 0.571. The Labute approximate surface area is 103 Å². The Hall–Kier alpha value is -0.900. The number of aliphatic hydroxyl groups excluding tert-OH is 1. The van der Waals surface area contributed by atoms with Crippen LogP contribution in [0.1, 0.15) is 18.1 Å². The van der Waals surface area contributed by atoms with E-state index in [0.717, 1.165) is 26.2 Å². The highest BCUT2D eigenvalue weighted by atomic mass is 16.3. The Bertz CT molecular complexity index is 374. The highest BCUT2D eigenvalue weighted by Gasteiger charge is 2.33. The smallest absolute Gasteiger partial charge is 0.0666 e. The lowest BCUT2D eigenvalue weighted by atomic mass is 9.89. The molecule has 0 saturated carbocycles. The second-order valence-corrected chi connectivity index (χ2v) is 5.04. The summed E-state index contributed by atoms with van der Waals surface area (Å²) in [5.74, 6) is 0. The van der Waals surface area contributed by atoms with Crippen molar-refractivity contribution in [1.29, 1.82) is 0 Å². The first-order valence-corrected chi connectivity index (χ1v) is 6.30. The summed E-state index contributed by atoms with van der Waals surface area (Å²) in [6.07, 6.45) is 0. The van der Waals surface area contributed by atoms with Gasteiger partial charge >= 0.3 is 0 Å². The largest absolute Gasteiger partial charge is 0.394 e. The molecule has 1 aliphatic rings. The van der Waals surface area contributed by atoms with Crippen molar-refractivity contribution in [3.05, 3.63) is 35.4 Å². The fourth-order valence-electron chi connectivity index (χ4n) is 2.51. The first kappa shape index (κ1) is 12.6. The highest BCUT2D eigenvalue weighted by Crippen LogP contribution is 2.28. The van der Waals surface area contributed by atoms with E-state index >= 15 is 0 Å². The van der Waals surface area contributed by atoms with Crippen LogP contribution >= 0.6 is 0 Å². The van der Waals surface area contributed by atoms with Crippen LogP contribution in [-0.4, -0.2) is 42.8 Å². The summed E-state index contributed by atoms with van der Waals surface area (Å²) in [6, 6.07) is 8.46. The Morgan fingerprint density at radius 3 is 2.65 bits per heavy atom. The van der Waals surface area contributed by atoms with Crippen LogP contribution in [0.15, 0.2) is 24.3 Å². The van der Waals surface area contributed by atoms with E-state index in [2.05, 4.69) is 48.3 Å². The molecule has 3 nitrogen and oxygen atoms in total. The monoisotopic (exact) mass is 234 g/mol. The van der Waals surface area contributed by atoms with Gasteiger partial charge in [-0.1, -0.05) is 29.8 Å². The molecule has 1 unspecified atom stereocenters. The second-order valence-electron chi connectivity index (χ2n) is 5.04. The third kappa shape index (κ3) is 2.51. The number of piperazine rings is 1. The zero-order chi connectivity index (χ0) is 12.3. The summed E-state index contributed by atoms with van der Waals surface area (Å²) < 4.78 is 0. The van der Waals surface area contributed by atoms with Gasteiger partial charge in [0.25, 0.3) is 0 Å². The van der Waals surface area contributed by atoms with Gasteiger partial charge in [-0.25, -0.2) is 0 Å². The quantitative estimate of drug-likeness (QED) is 0.822. The third-order valence-corrected chi connectivity index (χ3v) is 3.76. The zero-order valence-electron chi connectivity index (χ0n) is 10.7. The molecule has 0 aliphatic carbocycles. The van der Waals surface area contributed by atoms with Gasteiger partial charge in [0.05, 0.1) is 12.1 Å². The topological polar surface area (TPSA) is 35.5 Å². The molecule has 1 heterocycles. The van der Waals surface area contributed by atoms with Crippen molar-refractivity contribution in [2.45, 2.75) is 19.4 Å².